The lowest BCUT2D eigenvalue weighted by atomic mass is 9.94. The van der Waals surface area contributed by atoms with Crippen LogP contribution in [0.25, 0.3) is 98.4 Å². The van der Waals surface area contributed by atoms with Crippen LogP contribution in [0.3, 0.4) is 0 Å². The Morgan fingerprint density at radius 2 is 0.540 bits per heavy atom. The second kappa shape index (κ2) is 15.3. The molecule has 12 rings (SSSR count). The zero-order chi connectivity index (χ0) is 41.7. The third kappa shape index (κ3) is 6.59. The standard InChI is InChI=1S/C62H41N/c1-4-13-55-45(9-1)12-7-16-57(55)48-21-19-42(20-22-48)43-25-33-52(34-26-43)63(53-35-27-44(28-36-53)50-32-39-60-51(41-50)24-23-46-10-2-5-14-56(46)60)54-37-29-49(30-38-54)59-17-8-18-61-58-15-6-3-11-47(58)31-40-62(59)61/h1-41H. The van der Waals surface area contributed by atoms with Gasteiger partial charge < -0.3 is 4.90 Å². The smallest absolute Gasteiger partial charge is 0.0462 e. The van der Waals surface area contributed by atoms with Crippen molar-refractivity contribution in [1.82, 2.24) is 0 Å². The first-order chi connectivity index (χ1) is 31.2. The molecule has 0 fully saturated rings. The Morgan fingerprint density at radius 3 is 1.16 bits per heavy atom. The number of rotatable bonds is 7. The van der Waals surface area contributed by atoms with Gasteiger partial charge in [0.25, 0.3) is 0 Å². The lowest BCUT2D eigenvalue weighted by Gasteiger charge is -2.26. The summed E-state index contributed by atoms with van der Waals surface area (Å²) in [7, 11) is 0. The third-order valence-corrected chi connectivity index (χ3v) is 12.9. The largest absolute Gasteiger partial charge is 0.311 e. The van der Waals surface area contributed by atoms with Crippen LogP contribution in [0.2, 0.25) is 0 Å². The van der Waals surface area contributed by atoms with Gasteiger partial charge in [-0.3, -0.25) is 0 Å². The highest BCUT2D eigenvalue weighted by molar-refractivity contribution is 6.12. The van der Waals surface area contributed by atoms with Gasteiger partial charge in [-0.15, -0.1) is 0 Å². The summed E-state index contributed by atoms with van der Waals surface area (Å²) < 4.78 is 0. The predicted molar refractivity (Wildman–Crippen MR) is 270 cm³/mol. The molecule has 0 aliphatic carbocycles. The van der Waals surface area contributed by atoms with Crippen LogP contribution in [0.15, 0.2) is 249 Å². The van der Waals surface area contributed by atoms with Crippen molar-refractivity contribution in [2.45, 2.75) is 0 Å². The summed E-state index contributed by atoms with van der Waals surface area (Å²) in [6.07, 6.45) is 0. The van der Waals surface area contributed by atoms with E-state index in [1.165, 1.54) is 98.4 Å². The van der Waals surface area contributed by atoms with Gasteiger partial charge in [-0.2, -0.15) is 0 Å². The molecule has 12 aromatic rings. The molecule has 0 unspecified atom stereocenters. The van der Waals surface area contributed by atoms with Gasteiger partial charge in [-0.05, 0) is 141 Å². The minimum absolute atomic E-state index is 1.10. The summed E-state index contributed by atoms with van der Waals surface area (Å²) in [5.74, 6) is 0. The molecule has 0 saturated heterocycles. The van der Waals surface area contributed by atoms with Crippen molar-refractivity contribution in [3.05, 3.63) is 249 Å². The first kappa shape index (κ1) is 36.6. The topological polar surface area (TPSA) is 3.24 Å². The van der Waals surface area contributed by atoms with Crippen molar-refractivity contribution >= 4 is 70.9 Å². The van der Waals surface area contributed by atoms with Crippen LogP contribution in [0.5, 0.6) is 0 Å². The molecule has 1 nitrogen and oxygen atoms in total. The maximum atomic E-state index is 2.37. The maximum Gasteiger partial charge on any atom is 0.0462 e. The summed E-state index contributed by atoms with van der Waals surface area (Å²) in [5.41, 5.74) is 13.0. The average Bonchev–Trinajstić information content (AvgIpc) is 3.36. The fraction of sp³-hybridized carbons (Fsp3) is 0. The number of hydrogen-bond acceptors (Lipinski definition) is 1. The van der Waals surface area contributed by atoms with E-state index in [9.17, 15) is 0 Å². The number of fused-ring (bicyclic) bond motifs is 7. The molecule has 0 saturated carbocycles. The van der Waals surface area contributed by atoms with Gasteiger partial charge in [-0.1, -0.05) is 206 Å². The Morgan fingerprint density at radius 1 is 0.190 bits per heavy atom. The van der Waals surface area contributed by atoms with Crippen molar-refractivity contribution in [2.24, 2.45) is 0 Å². The molecule has 12 aromatic carbocycles. The van der Waals surface area contributed by atoms with Gasteiger partial charge >= 0.3 is 0 Å². The minimum atomic E-state index is 1.10. The molecule has 0 atom stereocenters. The van der Waals surface area contributed by atoms with Crippen molar-refractivity contribution in [3.8, 4) is 44.5 Å². The van der Waals surface area contributed by atoms with Crippen LogP contribution in [-0.4, -0.2) is 0 Å². The van der Waals surface area contributed by atoms with Crippen molar-refractivity contribution in [1.29, 1.82) is 0 Å². The summed E-state index contributed by atoms with van der Waals surface area (Å²) in [6.45, 7) is 0. The van der Waals surface area contributed by atoms with Gasteiger partial charge in [0.2, 0.25) is 0 Å². The molecule has 0 radical (unpaired) electrons. The van der Waals surface area contributed by atoms with E-state index in [2.05, 4.69) is 254 Å². The Balaban J connectivity index is 0.900. The number of benzene rings is 12. The number of anilines is 3. The van der Waals surface area contributed by atoms with Gasteiger partial charge in [0.05, 0.1) is 0 Å². The summed E-state index contributed by atoms with van der Waals surface area (Å²) in [5, 5.41) is 12.7. The first-order valence-corrected chi connectivity index (χ1v) is 21.7. The molecule has 1 heteroatoms. The van der Waals surface area contributed by atoms with Crippen LogP contribution < -0.4 is 4.90 Å². The van der Waals surface area contributed by atoms with Crippen molar-refractivity contribution < 1.29 is 0 Å². The highest BCUT2D eigenvalue weighted by Crippen LogP contribution is 2.40. The second-order valence-electron chi connectivity index (χ2n) is 16.5. The second-order valence-corrected chi connectivity index (χ2v) is 16.5. The lowest BCUT2D eigenvalue weighted by molar-refractivity contribution is 1.28. The molecule has 0 aromatic heterocycles. The number of hydrogen-bond donors (Lipinski definition) is 0. The minimum Gasteiger partial charge on any atom is -0.311 e. The van der Waals surface area contributed by atoms with E-state index < -0.39 is 0 Å². The Bertz CT molecular complexity index is 3630. The fourth-order valence-corrected chi connectivity index (χ4v) is 9.65. The molecular formula is C62H41N. The fourth-order valence-electron chi connectivity index (χ4n) is 9.65. The van der Waals surface area contributed by atoms with E-state index in [-0.39, 0.29) is 0 Å². The Hall–Kier alpha value is -8.26. The Kier molecular flexibility index (Phi) is 8.90. The van der Waals surface area contributed by atoms with Crippen LogP contribution >= 0.6 is 0 Å². The van der Waals surface area contributed by atoms with Crippen LogP contribution in [0.1, 0.15) is 0 Å². The van der Waals surface area contributed by atoms with Crippen molar-refractivity contribution in [2.75, 3.05) is 4.90 Å². The Labute approximate surface area is 367 Å². The monoisotopic (exact) mass is 799 g/mol. The molecule has 0 heterocycles. The predicted octanol–water partition coefficient (Wildman–Crippen LogP) is 17.6. The molecule has 294 valence electrons. The highest BCUT2D eigenvalue weighted by atomic mass is 15.1. The van der Waals surface area contributed by atoms with Crippen LogP contribution in [-0.2, 0) is 0 Å². The van der Waals surface area contributed by atoms with E-state index in [4.69, 9.17) is 0 Å². The van der Waals surface area contributed by atoms with E-state index in [0.29, 0.717) is 0 Å². The van der Waals surface area contributed by atoms with Crippen LogP contribution in [0, 0.1) is 0 Å². The molecule has 0 aliphatic heterocycles. The molecule has 0 N–H and O–H groups in total. The van der Waals surface area contributed by atoms with E-state index in [1.54, 1.807) is 0 Å². The zero-order valence-corrected chi connectivity index (χ0v) is 34.6. The van der Waals surface area contributed by atoms with E-state index in [1.807, 2.05) is 0 Å². The molecule has 63 heavy (non-hydrogen) atoms. The molecular weight excluding hydrogens is 759 g/mol. The SMILES string of the molecule is c1ccc2c(-c3ccc(-c4ccc(N(c5ccc(-c6ccc7c(ccc8ccccc87)c6)cc5)c5ccc(-c6cccc7c6ccc6ccccc67)cc5)cc4)cc3)cccc2c1. The number of nitrogens with zero attached hydrogens (tertiary/aromatic N) is 1. The average molecular weight is 800 g/mol. The first-order valence-electron chi connectivity index (χ1n) is 21.7. The normalized spacial score (nSPS) is 11.5. The molecule has 0 aliphatic rings. The van der Waals surface area contributed by atoms with Crippen LogP contribution in [0.4, 0.5) is 17.1 Å². The molecule has 0 bridgehead atoms. The van der Waals surface area contributed by atoms with E-state index in [0.717, 1.165) is 17.1 Å². The van der Waals surface area contributed by atoms with Gasteiger partial charge in [-0.25, -0.2) is 0 Å². The quantitative estimate of drug-likeness (QED) is 0.145. The highest BCUT2D eigenvalue weighted by Gasteiger charge is 2.15. The summed E-state index contributed by atoms with van der Waals surface area (Å²) in [6, 6.07) is 91.0. The summed E-state index contributed by atoms with van der Waals surface area (Å²) in [4.78, 5) is 2.37. The lowest BCUT2D eigenvalue weighted by Crippen LogP contribution is -2.09. The summed E-state index contributed by atoms with van der Waals surface area (Å²) >= 11 is 0. The molecule has 0 amide bonds. The maximum absolute atomic E-state index is 2.37. The zero-order valence-electron chi connectivity index (χ0n) is 34.6. The van der Waals surface area contributed by atoms with Crippen molar-refractivity contribution in [3.63, 3.8) is 0 Å². The molecule has 0 spiro atoms. The third-order valence-electron chi connectivity index (χ3n) is 12.9. The van der Waals surface area contributed by atoms with Gasteiger partial charge in [0.15, 0.2) is 0 Å². The van der Waals surface area contributed by atoms with E-state index >= 15 is 0 Å². The van der Waals surface area contributed by atoms with Gasteiger partial charge in [0, 0.05) is 17.1 Å². The van der Waals surface area contributed by atoms with Gasteiger partial charge in [0.1, 0.15) is 0 Å².